The van der Waals surface area contributed by atoms with Gasteiger partial charge >= 0.3 is 0 Å². The van der Waals surface area contributed by atoms with Crippen LogP contribution in [0.5, 0.6) is 5.75 Å². The van der Waals surface area contributed by atoms with Gasteiger partial charge in [-0.05, 0) is 71.8 Å². The van der Waals surface area contributed by atoms with E-state index in [1.165, 1.54) is 0 Å². The quantitative estimate of drug-likeness (QED) is 0.102. The molecule has 1 fully saturated rings. The van der Waals surface area contributed by atoms with Gasteiger partial charge in [-0.15, -0.1) is 0 Å². The van der Waals surface area contributed by atoms with Crippen LogP contribution in [-0.2, 0) is 55.7 Å². The van der Waals surface area contributed by atoms with Crippen molar-refractivity contribution in [2.24, 2.45) is 0 Å². The third kappa shape index (κ3) is 9.08. The van der Waals surface area contributed by atoms with Crippen molar-refractivity contribution < 1.29 is 28.4 Å². The zero-order valence-electron chi connectivity index (χ0n) is 29.6. The van der Waals surface area contributed by atoms with Crippen molar-refractivity contribution in [3.05, 3.63) is 172 Å². The highest BCUT2D eigenvalue weighted by molar-refractivity contribution is 6.31. The number of ether oxygens (including phenoxy) is 6. The first-order valence-corrected chi connectivity index (χ1v) is 18.1. The van der Waals surface area contributed by atoms with Gasteiger partial charge in [-0.25, -0.2) is 0 Å². The predicted molar refractivity (Wildman–Crippen MR) is 201 cm³/mol. The molecule has 7 heteroatoms. The molecule has 6 rings (SSSR count). The van der Waals surface area contributed by atoms with Gasteiger partial charge in [-0.3, -0.25) is 0 Å². The molecule has 1 aliphatic rings. The van der Waals surface area contributed by atoms with Crippen LogP contribution in [0.2, 0.25) is 5.02 Å². The molecule has 1 aliphatic heterocycles. The predicted octanol–water partition coefficient (Wildman–Crippen LogP) is 9.69. The van der Waals surface area contributed by atoms with E-state index >= 15 is 0 Å². The number of halogens is 1. The highest BCUT2D eigenvalue weighted by Crippen LogP contribution is 2.45. The lowest BCUT2D eigenvalue weighted by Gasteiger charge is -2.52. The van der Waals surface area contributed by atoms with Crippen LogP contribution in [0.25, 0.3) is 0 Å². The summed E-state index contributed by atoms with van der Waals surface area (Å²) in [6.07, 6.45) is -0.860. The minimum absolute atomic E-state index is 0.319. The lowest BCUT2D eigenvalue weighted by atomic mass is 9.85. The molecule has 0 amide bonds. The minimum Gasteiger partial charge on any atom is -0.494 e. The van der Waals surface area contributed by atoms with Crippen molar-refractivity contribution in [1.82, 2.24) is 0 Å². The first-order chi connectivity index (χ1) is 25.0. The molecular formula is C44H47ClO6. The van der Waals surface area contributed by atoms with Gasteiger partial charge in [-0.1, -0.05) is 128 Å². The molecule has 0 aliphatic carbocycles. The lowest BCUT2D eigenvalue weighted by Crippen LogP contribution is -2.65. The van der Waals surface area contributed by atoms with Crippen LogP contribution in [0.15, 0.2) is 133 Å². The van der Waals surface area contributed by atoms with E-state index in [1.54, 1.807) is 7.11 Å². The smallest absolute Gasteiger partial charge is 0.224 e. The van der Waals surface area contributed by atoms with Crippen LogP contribution < -0.4 is 4.74 Å². The van der Waals surface area contributed by atoms with Crippen molar-refractivity contribution in [2.45, 2.75) is 76.7 Å². The van der Waals surface area contributed by atoms with Crippen LogP contribution in [0.1, 0.15) is 53.6 Å². The molecule has 5 atom stereocenters. The van der Waals surface area contributed by atoms with E-state index in [2.05, 4.69) is 49.4 Å². The van der Waals surface area contributed by atoms with E-state index in [4.69, 9.17) is 40.0 Å². The summed E-state index contributed by atoms with van der Waals surface area (Å²) in [5, 5.41) is 0.657. The molecule has 0 bridgehead atoms. The SMILES string of the molecule is CCOc1ccc(Cc2cc([C@]3(OC)OC(CC)[C@@H](OCc4ccccc4)C(OCc4ccccc4)[C@H]3OCc3ccccc3)ccc2Cl)cc1. The summed E-state index contributed by atoms with van der Waals surface area (Å²) >= 11 is 6.87. The Hall–Kier alpha value is -4.01. The van der Waals surface area contributed by atoms with E-state index < -0.39 is 24.1 Å². The molecule has 0 N–H and O–H groups in total. The molecule has 5 aromatic carbocycles. The van der Waals surface area contributed by atoms with Gasteiger partial charge in [0.05, 0.1) is 32.5 Å². The van der Waals surface area contributed by atoms with Gasteiger partial charge in [0.15, 0.2) is 0 Å². The molecule has 0 saturated carbocycles. The van der Waals surface area contributed by atoms with Crippen LogP contribution in [-0.4, -0.2) is 38.1 Å². The maximum absolute atomic E-state index is 7.12. The standard InChI is InChI=1S/C44H47ClO6/c1-4-40-41(48-29-33-15-9-6-10-16-33)42(49-30-34-17-11-7-12-18-34)43(50-31-35-19-13-8-14-20-35)44(46-3,51-40)37-23-26-39(45)36(28-37)27-32-21-24-38(25-22-32)47-5-2/h6-26,28,40-43H,4-5,27,29-31H2,1-3H3/t40?,41-,42?,43-,44+/m1/s1. The Morgan fingerprint density at radius 3 is 1.71 bits per heavy atom. The highest BCUT2D eigenvalue weighted by atomic mass is 35.5. The third-order valence-corrected chi connectivity index (χ3v) is 9.68. The first-order valence-electron chi connectivity index (χ1n) is 17.7. The Bertz CT molecular complexity index is 1770. The van der Waals surface area contributed by atoms with Crippen molar-refractivity contribution in [3.63, 3.8) is 0 Å². The Morgan fingerprint density at radius 2 is 1.18 bits per heavy atom. The fraction of sp³-hybridized carbons (Fsp3) is 0.318. The third-order valence-electron chi connectivity index (χ3n) is 9.32. The zero-order chi connectivity index (χ0) is 35.5. The Balaban J connectivity index is 1.40. The van der Waals surface area contributed by atoms with Crippen molar-refractivity contribution in [3.8, 4) is 5.75 Å². The van der Waals surface area contributed by atoms with Gasteiger partial charge in [0.25, 0.3) is 0 Å². The summed E-state index contributed by atoms with van der Waals surface area (Å²) in [6, 6.07) is 44.5. The van der Waals surface area contributed by atoms with Gasteiger partial charge < -0.3 is 28.4 Å². The monoisotopic (exact) mass is 706 g/mol. The van der Waals surface area contributed by atoms with Crippen LogP contribution in [0.3, 0.4) is 0 Å². The number of benzene rings is 5. The van der Waals surface area contributed by atoms with E-state index in [0.717, 1.165) is 39.1 Å². The van der Waals surface area contributed by atoms with Crippen LogP contribution >= 0.6 is 11.6 Å². The molecule has 51 heavy (non-hydrogen) atoms. The van der Waals surface area contributed by atoms with Gasteiger partial charge in [0.2, 0.25) is 5.79 Å². The summed E-state index contributed by atoms with van der Waals surface area (Å²) in [6.45, 7) is 5.78. The summed E-state index contributed by atoms with van der Waals surface area (Å²) in [5.41, 5.74) is 5.98. The van der Waals surface area contributed by atoms with Crippen LogP contribution in [0.4, 0.5) is 0 Å². The molecule has 5 aromatic rings. The average molecular weight is 707 g/mol. The molecule has 2 unspecified atom stereocenters. The molecule has 1 saturated heterocycles. The van der Waals surface area contributed by atoms with Crippen molar-refractivity contribution in [2.75, 3.05) is 13.7 Å². The summed E-state index contributed by atoms with van der Waals surface area (Å²) < 4.78 is 39.9. The van der Waals surface area contributed by atoms with Crippen molar-refractivity contribution >= 4 is 11.6 Å². The maximum atomic E-state index is 7.12. The van der Waals surface area contributed by atoms with E-state index in [-0.39, 0.29) is 6.10 Å². The van der Waals surface area contributed by atoms with Gasteiger partial charge in [0.1, 0.15) is 24.1 Å². The Kier molecular flexibility index (Phi) is 13.0. The summed E-state index contributed by atoms with van der Waals surface area (Å²) in [7, 11) is 1.67. The normalized spacial score (nSPS) is 21.7. The average Bonchev–Trinajstić information content (AvgIpc) is 3.18. The Labute approximate surface area is 307 Å². The molecule has 6 nitrogen and oxygen atoms in total. The van der Waals surface area contributed by atoms with E-state index in [0.29, 0.717) is 44.3 Å². The van der Waals surface area contributed by atoms with Gasteiger partial charge in [0, 0.05) is 17.7 Å². The van der Waals surface area contributed by atoms with Crippen molar-refractivity contribution in [1.29, 1.82) is 0 Å². The number of hydrogen-bond donors (Lipinski definition) is 0. The molecule has 0 spiro atoms. The number of hydrogen-bond acceptors (Lipinski definition) is 6. The van der Waals surface area contributed by atoms with E-state index in [9.17, 15) is 0 Å². The number of rotatable bonds is 16. The second-order valence-corrected chi connectivity index (χ2v) is 13.1. The highest BCUT2D eigenvalue weighted by Gasteiger charge is 2.58. The molecule has 266 valence electrons. The summed E-state index contributed by atoms with van der Waals surface area (Å²) in [4.78, 5) is 0. The van der Waals surface area contributed by atoms with Crippen LogP contribution in [0, 0.1) is 0 Å². The molecule has 0 aromatic heterocycles. The maximum Gasteiger partial charge on any atom is 0.224 e. The Morgan fingerprint density at radius 1 is 0.627 bits per heavy atom. The second-order valence-electron chi connectivity index (χ2n) is 12.7. The van der Waals surface area contributed by atoms with E-state index in [1.807, 2.05) is 97.9 Å². The second kappa shape index (κ2) is 18.0. The molecule has 1 heterocycles. The fourth-order valence-electron chi connectivity index (χ4n) is 6.69. The number of methoxy groups -OCH3 is 1. The topological polar surface area (TPSA) is 55.4 Å². The summed E-state index contributed by atoms with van der Waals surface area (Å²) in [5.74, 6) is -0.508. The minimum atomic E-state index is -1.35. The largest absolute Gasteiger partial charge is 0.494 e. The lowest BCUT2D eigenvalue weighted by molar-refractivity contribution is -0.382. The zero-order valence-corrected chi connectivity index (χ0v) is 30.3. The van der Waals surface area contributed by atoms with Gasteiger partial charge in [-0.2, -0.15) is 0 Å². The molecule has 0 radical (unpaired) electrons. The first kappa shape index (κ1) is 36.8. The molecular weight excluding hydrogens is 660 g/mol. The fourth-order valence-corrected chi connectivity index (χ4v) is 6.87.